The lowest BCUT2D eigenvalue weighted by molar-refractivity contribution is -0.138. The van der Waals surface area contributed by atoms with Gasteiger partial charge in [0, 0.05) is 18.0 Å². The molecule has 0 saturated heterocycles. The maximum Gasteiger partial charge on any atom is 0.416 e. The summed E-state index contributed by atoms with van der Waals surface area (Å²) in [6.45, 7) is 1.68. The quantitative estimate of drug-likeness (QED) is 0.723. The molecule has 0 aliphatic heterocycles. The lowest BCUT2D eigenvalue weighted by atomic mass is 10.1. The zero-order valence-electron chi connectivity index (χ0n) is 11.8. The summed E-state index contributed by atoms with van der Waals surface area (Å²) in [5.74, 6) is 0.451. The maximum absolute atomic E-state index is 13.0. The number of ether oxygens (including phenoxy) is 1. The van der Waals surface area contributed by atoms with E-state index < -0.39 is 11.7 Å². The Morgan fingerprint density at radius 2 is 1.91 bits per heavy atom. The fraction of sp³-hybridized carbons (Fsp3) is 0.188. The molecule has 0 radical (unpaired) electrons. The maximum atomic E-state index is 13.0. The van der Waals surface area contributed by atoms with Crippen LogP contribution < -0.4 is 4.74 Å². The lowest BCUT2D eigenvalue weighted by Gasteiger charge is -2.13. The Kier molecular flexibility index (Phi) is 3.52. The third-order valence-corrected chi connectivity index (χ3v) is 3.27. The highest BCUT2D eigenvalue weighted by Gasteiger charge is 2.33. The van der Waals surface area contributed by atoms with Crippen LogP contribution in [0.4, 0.5) is 13.2 Å². The zero-order valence-corrected chi connectivity index (χ0v) is 11.8. The highest BCUT2D eigenvalue weighted by atomic mass is 19.4. The number of aromatic nitrogens is 2. The molecule has 0 aliphatic rings. The number of hydrogen-bond acceptors (Lipinski definition) is 2. The Bertz CT molecular complexity index is 809. The van der Waals surface area contributed by atoms with Crippen molar-refractivity contribution in [2.75, 3.05) is 0 Å². The fourth-order valence-electron chi connectivity index (χ4n) is 2.30. The minimum absolute atomic E-state index is 0.0975. The van der Waals surface area contributed by atoms with E-state index in [2.05, 4.69) is 4.98 Å². The minimum atomic E-state index is -4.39. The first kappa shape index (κ1) is 14.4. The third-order valence-electron chi connectivity index (χ3n) is 3.27. The number of rotatable bonds is 3. The Hall–Kier alpha value is -2.50. The van der Waals surface area contributed by atoms with Crippen molar-refractivity contribution in [2.45, 2.75) is 19.7 Å². The molecule has 0 amide bonds. The van der Waals surface area contributed by atoms with Crippen LogP contribution >= 0.6 is 0 Å². The largest absolute Gasteiger partial charge is 0.485 e. The summed E-state index contributed by atoms with van der Waals surface area (Å²) < 4.78 is 46.2. The zero-order chi connectivity index (χ0) is 15.7. The van der Waals surface area contributed by atoms with Gasteiger partial charge < -0.3 is 9.14 Å². The summed E-state index contributed by atoms with van der Waals surface area (Å²) in [7, 11) is 0. The van der Waals surface area contributed by atoms with Gasteiger partial charge in [-0.25, -0.2) is 4.98 Å². The van der Waals surface area contributed by atoms with E-state index in [1.807, 2.05) is 19.3 Å². The molecule has 3 nitrogen and oxygen atoms in total. The van der Waals surface area contributed by atoms with Crippen molar-refractivity contribution in [1.29, 1.82) is 0 Å². The lowest BCUT2D eigenvalue weighted by Crippen LogP contribution is -2.10. The summed E-state index contributed by atoms with van der Waals surface area (Å²) in [5, 5.41) is 0. The molecule has 2 aromatic heterocycles. The van der Waals surface area contributed by atoms with Gasteiger partial charge in [0.05, 0.1) is 11.3 Å². The van der Waals surface area contributed by atoms with Crippen LogP contribution in [-0.2, 0) is 12.8 Å². The van der Waals surface area contributed by atoms with Gasteiger partial charge in [-0.05, 0) is 25.1 Å². The first-order chi connectivity index (χ1) is 10.4. The molecule has 0 saturated carbocycles. The van der Waals surface area contributed by atoms with Crippen LogP contribution in [0.2, 0.25) is 0 Å². The molecule has 0 bridgehead atoms. The van der Waals surface area contributed by atoms with Crippen molar-refractivity contribution in [3.8, 4) is 5.75 Å². The molecule has 0 atom stereocenters. The average Bonchev–Trinajstić information content (AvgIpc) is 2.85. The summed E-state index contributed by atoms with van der Waals surface area (Å²) in [6.07, 6.45) is -0.756. The number of aryl methyl sites for hydroxylation is 1. The highest BCUT2D eigenvalue weighted by Crippen LogP contribution is 2.32. The van der Waals surface area contributed by atoms with Gasteiger partial charge in [0.15, 0.2) is 11.4 Å². The molecule has 6 heteroatoms. The van der Waals surface area contributed by atoms with Crippen LogP contribution in [0.25, 0.3) is 5.65 Å². The highest BCUT2D eigenvalue weighted by molar-refractivity contribution is 5.54. The number of nitrogens with zero attached hydrogens (tertiary/aromatic N) is 2. The van der Waals surface area contributed by atoms with Crippen molar-refractivity contribution in [1.82, 2.24) is 9.38 Å². The number of hydrogen-bond donors (Lipinski definition) is 0. The second-order valence-electron chi connectivity index (χ2n) is 4.93. The van der Waals surface area contributed by atoms with E-state index in [-0.39, 0.29) is 12.2 Å². The van der Waals surface area contributed by atoms with Crippen molar-refractivity contribution in [3.05, 3.63) is 65.6 Å². The summed E-state index contributed by atoms with van der Waals surface area (Å²) in [4.78, 5) is 4.31. The fourth-order valence-corrected chi connectivity index (χ4v) is 2.30. The molecule has 0 unspecified atom stereocenters. The molecule has 2 heterocycles. The number of pyridine rings is 1. The van der Waals surface area contributed by atoms with Crippen LogP contribution in [0.1, 0.15) is 16.8 Å². The van der Waals surface area contributed by atoms with Crippen molar-refractivity contribution >= 4 is 5.65 Å². The summed E-state index contributed by atoms with van der Waals surface area (Å²) >= 11 is 0. The Morgan fingerprint density at radius 3 is 2.68 bits per heavy atom. The van der Waals surface area contributed by atoms with Gasteiger partial charge in [0.2, 0.25) is 0 Å². The number of halogens is 3. The van der Waals surface area contributed by atoms with Crippen LogP contribution in [-0.4, -0.2) is 9.38 Å². The first-order valence-corrected chi connectivity index (χ1v) is 6.67. The van der Waals surface area contributed by atoms with E-state index in [0.29, 0.717) is 11.4 Å². The van der Waals surface area contributed by atoms with Gasteiger partial charge >= 0.3 is 6.18 Å². The minimum Gasteiger partial charge on any atom is -0.485 e. The number of alkyl halides is 3. The predicted molar refractivity (Wildman–Crippen MR) is 75.7 cm³/mol. The second kappa shape index (κ2) is 5.36. The van der Waals surface area contributed by atoms with Crippen LogP contribution in [0.5, 0.6) is 5.75 Å². The van der Waals surface area contributed by atoms with E-state index in [1.165, 1.54) is 12.1 Å². The second-order valence-corrected chi connectivity index (χ2v) is 4.93. The molecule has 3 rings (SSSR count). The Morgan fingerprint density at radius 1 is 1.14 bits per heavy atom. The van der Waals surface area contributed by atoms with Crippen molar-refractivity contribution in [2.24, 2.45) is 0 Å². The average molecular weight is 306 g/mol. The first-order valence-electron chi connectivity index (χ1n) is 6.67. The molecule has 3 aromatic rings. The number of benzene rings is 1. The van der Waals surface area contributed by atoms with E-state index in [0.717, 1.165) is 11.8 Å². The molecule has 0 spiro atoms. The molecule has 0 aliphatic carbocycles. The predicted octanol–water partition coefficient (Wildman–Crippen LogP) is 4.24. The summed E-state index contributed by atoms with van der Waals surface area (Å²) in [5.41, 5.74) is 0.818. The molecule has 114 valence electrons. The van der Waals surface area contributed by atoms with Gasteiger partial charge in [0.1, 0.15) is 6.61 Å². The normalized spacial score (nSPS) is 11.8. The Labute approximate surface area is 125 Å². The monoisotopic (exact) mass is 306 g/mol. The molecule has 0 fully saturated rings. The topological polar surface area (TPSA) is 26.5 Å². The van der Waals surface area contributed by atoms with E-state index in [9.17, 15) is 13.2 Å². The van der Waals surface area contributed by atoms with Crippen LogP contribution in [0.3, 0.4) is 0 Å². The smallest absolute Gasteiger partial charge is 0.416 e. The molecule has 0 N–H and O–H groups in total. The SMILES string of the molecule is Cc1cn2cccc(OCc3ccccc3C(F)(F)F)c2n1. The third kappa shape index (κ3) is 2.77. The molecule has 22 heavy (non-hydrogen) atoms. The van der Waals surface area contributed by atoms with Crippen molar-refractivity contribution < 1.29 is 17.9 Å². The van der Waals surface area contributed by atoms with E-state index in [1.54, 1.807) is 22.6 Å². The van der Waals surface area contributed by atoms with Crippen molar-refractivity contribution in [3.63, 3.8) is 0 Å². The summed E-state index contributed by atoms with van der Waals surface area (Å²) in [6, 6.07) is 8.86. The van der Waals surface area contributed by atoms with Gasteiger partial charge in [-0.1, -0.05) is 18.2 Å². The molecule has 1 aromatic carbocycles. The van der Waals surface area contributed by atoms with Gasteiger partial charge in [-0.15, -0.1) is 0 Å². The van der Waals surface area contributed by atoms with Gasteiger partial charge in [-0.3, -0.25) is 0 Å². The number of imidazole rings is 1. The standard InChI is InChI=1S/C16H13F3N2O/c1-11-9-21-8-4-7-14(15(21)20-11)22-10-12-5-2-3-6-13(12)16(17,18)19/h2-9H,10H2,1H3. The molecular formula is C16H13F3N2O. The molecular weight excluding hydrogens is 293 g/mol. The van der Waals surface area contributed by atoms with Gasteiger partial charge in [-0.2, -0.15) is 13.2 Å². The van der Waals surface area contributed by atoms with Crippen LogP contribution in [0.15, 0.2) is 48.8 Å². The van der Waals surface area contributed by atoms with Gasteiger partial charge in [0.25, 0.3) is 0 Å². The van der Waals surface area contributed by atoms with Crippen LogP contribution in [0, 0.1) is 6.92 Å². The Balaban J connectivity index is 1.89. The van der Waals surface area contributed by atoms with E-state index >= 15 is 0 Å². The number of fused-ring (bicyclic) bond motifs is 1. The van der Waals surface area contributed by atoms with E-state index in [4.69, 9.17) is 4.74 Å².